The zero-order valence-electron chi connectivity index (χ0n) is 11.0. The number of rotatable bonds is 3. The maximum Gasteiger partial charge on any atom is 0.407 e. The van der Waals surface area contributed by atoms with Gasteiger partial charge in [-0.3, -0.25) is 0 Å². The van der Waals surface area contributed by atoms with Gasteiger partial charge in [0, 0.05) is 6.54 Å². The minimum atomic E-state index is -1.25. The molecule has 6 heteroatoms. The molecule has 19 heavy (non-hydrogen) atoms. The van der Waals surface area contributed by atoms with Crippen LogP contribution in [0.1, 0.15) is 36.7 Å². The molecule has 104 valence electrons. The van der Waals surface area contributed by atoms with Gasteiger partial charge in [-0.05, 0) is 38.5 Å². The number of amides is 1. The molecule has 0 atom stereocenters. The number of ether oxygens (including phenoxy) is 1. The van der Waals surface area contributed by atoms with Crippen LogP contribution in [0.25, 0.3) is 0 Å². The third kappa shape index (κ3) is 4.95. The number of carbonyl (C=O) groups is 2. The normalized spacial score (nSPS) is 10.9. The lowest BCUT2D eigenvalue weighted by Gasteiger charge is -2.19. The zero-order valence-corrected chi connectivity index (χ0v) is 11.0. The van der Waals surface area contributed by atoms with E-state index < -0.39 is 23.5 Å². The van der Waals surface area contributed by atoms with Crippen LogP contribution in [-0.4, -0.2) is 22.8 Å². The maximum absolute atomic E-state index is 13.0. The highest BCUT2D eigenvalue weighted by Crippen LogP contribution is 2.12. The summed E-state index contributed by atoms with van der Waals surface area (Å²) in [7, 11) is 0. The van der Waals surface area contributed by atoms with Gasteiger partial charge in [-0.1, -0.05) is 6.07 Å². The van der Waals surface area contributed by atoms with Gasteiger partial charge in [-0.2, -0.15) is 0 Å². The number of alkyl carbamates (subject to hydrolysis) is 1. The van der Waals surface area contributed by atoms with Crippen LogP contribution in [0.2, 0.25) is 0 Å². The fraction of sp³-hybridized carbons (Fsp3) is 0.385. The van der Waals surface area contributed by atoms with Crippen molar-refractivity contribution >= 4 is 12.1 Å². The summed E-state index contributed by atoms with van der Waals surface area (Å²) < 4.78 is 18.0. The van der Waals surface area contributed by atoms with Crippen molar-refractivity contribution in [2.24, 2.45) is 0 Å². The molecule has 1 rings (SSSR count). The molecule has 0 heterocycles. The minimum Gasteiger partial charge on any atom is -0.478 e. The molecule has 2 N–H and O–H groups in total. The second kappa shape index (κ2) is 5.69. The number of benzene rings is 1. The summed E-state index contributed by atoms with van der Waals surface area (Å²) in [6.45, 7) is 5.10. The van der Waals surface area contributed by atoms with Gasteiger partial charge in [-0.25, -0.2) is 14.0 Å². The standard InChI is InChI=1S/C13H16FNO4/c1-13(2,3)19-12(18)15-7-8-4-5-9(14)6-10(8)11(16)17/h4-6H,7H2,1-3H3,(H,15,18)(H,16,17). The lowest BCUT2D eigenvalue weighted by Crippen LogP contribution is -2.32. The molecular formula is C13H16FNO4. The third-order valence-electron chi connectivity index (χ3n) is 2.12. The largest absolute Gasteiger partial charge is 0.478 e. The van der Waals surface area contributed by atoms with Gasteiger partial charge in [0.2, 0.25) is 0 Å². The average molecular weight is 269 g/mol. The second-order valence-corrected chi connectivity index (χ2v) is 4.96. The van der Waals surface area contributed by atoms with E-state index in [1.54, 1.807) is 20.8 Å². The first-order valence-electron chi connectivity index (χ1n) is 5.67. The van der Waals surface area contributed by atoms with Crippen LogP contribution >= 0.6 is 0 Å². The van der Waals surface area contributed by atoms with E-state index in [0.717, 1.165) is 12.1 Å². The van der Waals surface area contributed by atoms with Crippen LogP contribution in [0.4, 0.5) is 9.18 Å². The first-order chi connectivity index (χ1) is 8.69. The molecule has 0 saturated carbocycles. The number of aromatic carboxylic acids is 1. The van der Waals surface area contributed by atoms with Crippen LogP contribution in [0, 0.1) is 5.82 Å². The number of carbonyl (C=O) groups excluding carboxylic acids is 1. The Balaban J connectivity index is 2.73. The topological polar surface area (TPSA) is 75.6 Å². The van der Waals surface area contributed by atoms with Crippen molar-refractivity contribution in [3.63, 3.8) is 0 Å². The highest BCUT2D eigenvalue weighted by atomic mass is 19.1. The molecule has 0 bridgehead atoms. The Labute approximate surface area is 110 Å². The van der Waals surface area contributed by atoms with Crippen LogP contribution in [0.3, 0.4) is 0 Å². The molecule has 1 amide bonds. The Morgan fingerprint density at radius 1 is 1.37 bits per heavy atom. The molecular weight excluding hydrogens is 253 g/mol. The van der Waals surface area contributed by atoms with Crippen molar-refractivity contribution in [2.75, 3.05) is 0 Å². The molecule has 0 aliphatic rings. The van der Waals surface area contributed by atoms with Crippen LogP contribution in [0.5, 0.6) is 0 Å². The van der Waals surface area contributed by atoms with Gasteiger partial charge in [0.1, 0.15) is 11.4 Å². The predicted molar refractivity (Wildman–Crippen MR) is 66.4 cm³/mol. The molecule has 1 aromatic carbocycles. The maximum atomic E-state index is 13.0. The number of carboxylic acid groups (broad SMARTS) is 1. The molecule has 1 aromatic rings. The van der Waals surface area contributed by atoms with Crippen molar-refractivity contribution in [3.05, 3.63) is 35.1 Å². The SMILES string of the molecule is CC(C)(C)OC(=O)NCc1ccc(F)cc1C(=O)O. The summed E-state index contributed by atoms with van der Waals surface area (Å²) in [6.07, 6.45) is -0.659. The van der Waals surface area contributed by atoms with Gasteiger partial charge in [-0.15, -0.1) is 0 Å². The Kier molecular flexibility index (Phi) is 4.47. The Hall–Kier alpha value is -2.11. The molecule has 0 radical (unpaired) electrons. The van der Waals surface area contributed by atoms with Crippen LogP contribution in [0.15, 0.2) is 18.2 Å². The van der Waals surface area contributed by atoms with E-state index in [1.807, 2.05) is 0 Å². The van der Waals surface area contributed by atoms with Crippen molar-refractivity contribution in [1.29, 1.82) is 0 Å². The highest BCUT2D eigenvalue weighted by molar-refractivity contribution is 5.89. The fourth-order valence-electron chi connectivity index (χ4n) is 1.38. The van der Waals surface area contributed by atoms with Crippen molar-refractivity contribution < 1.29 is 23.8 Å². The Morgan fingerprint density at radius 2 is 2.00 bits per heavy atom. The van der Waals surface area contributed by atoms with Gasteiger partial charge in [0.15, 0.2) is 0 Å². The lowest BCUT2D eigenvalue weighted by atomic mass is 10.1. The van der Waals surface area contributed by atoms with Crippen molar-refractivity contribution in [1.82, 2.24) is 5.32 Å². The van der Waals surface area contributed by atoms with E-state index in [-0.39, 0.29) is 12.1 Å². The number of hydrogen-bond acceptors (Lipinski definition) is 3. The summed E-state index contributed by atoms with van der Waals surface area (Å²) in [5.41, 5.74) is -0.515. The number of carboxylic acids is 1. The minimum absolute atomic E-state index is 0.0448. The third-order valence-corrected chi connectivity index (χ3v) is 2.12. The molecule has 0 fully saturated rings. The fourth-order valence-corrected chi connectivity index (χ4v) is 1.38. The zero-order chi connectivity index (χ0) is 14.6. The summed E-state index contributed by atoms with van der Waals surface area (Å²) in [5, 5.41) is 11.4. The monoisotopic (exact) mass is 269 g/mol. The summed E-state index contributed by atoms with van der Waals surface area (Å²) >= 11 is 0. The van der Waals surface area contributed by atoms with Crippen molar-refractivity contribution in [3.8, 4) is 0 Å². The number of hydrogen-bond donors (Lipinski definition) is 2. The van der Waals surface area contributed by atoms with Crippen molar-refractivity contribution in [2.45, 2.75) is 32.9 Å². The van der Waals surface area contributed by atoms with E-state index in [9.17, 15) is 14.0 Å². The van der Waals surface area contributed by atoms with Gasteiger partial charge in [0.05, 0.1) is 5.56 Å². The smallest absolute Gasteiger partial charge is 0.407 e. The molecule has 0 spiro atoms. The highest BCUT2D eigenvalue weighted by Gasteiger charge is 2.17. The Bertz CT molecular complexity index is 494. The first kappa shape index (κ1) is 14.9. The molecule has 0 unspecified atom stereocenters. The summed E-state index contributed by atoms with van der Waals surface area (Å²) in [4.78, 5) is 22.4. The average Bonchev–Trinajstić information content (AvgIpc) is 2.24. The summed E-state index contributed by atoms with van der Waals surface area (Å²) in [5.74, 6) is -1.89. The molecule has 0 saturated heterocycles. The lowest BCUT2D eigenvalue weighted by molar-refractivity contribution is 0.0521. The first-order valence-corrected chi connectivity index (χ1v) is 5.67. The van der Waals surface area contributed by atoms with E-state index in [1.165, 1.54) is 6.07 Å². The van der Waals surface area contributed by atoms with E-state index in [0.29, 0.717) is 5.56 Å². The van der Waals surface area contributed by atoms with Gasteiger partial charge in [0.25, 0.3) is 0 Å². The number of nitrogens with one attached hydrogen (secondary N) is 1. The summed E-state index contributed by atoms with van der Waals surface area (Å²) in [6, 6.07) is 3.36. The van der Waals surface area contributed by atoms with Crippen LogP contribution < -0.4 is 5.32 Å². The van der Waals surface area contributed by atoms with Gasteiger partial charge >= 0.3 is 12.1 Å². The second-order valence-electron chi connectivity index (χ2n) is 4.96. The molecule has 0 aromatic heterocycles. The van der Waals surface area contributed by atoms with E-state index in [2.05, 4.69) is 5.32 Å². The van der Waals surface area contributed by atoms with E-state index in [4.69, 9.17) is 9.84 Å². The number of halogens is 1. The predicted octanol–water partition coefficient (Wildman–Crippen LogP) is 2.55. The molecule has 5 nitrogen and oxygen atoms in total. The van der Waals surface area contributed by atoms with Gasteiger partial charge < -0.3 is 15.2 Å². The molecule has 0 aliphatic carbocycles. The Morgan fingerprint density at radius 3 is 2.53 bits per heavy atom. The van der Waals surface area contributed by atoms with Crippen LogP contribution in [-0.2, 0) is 11.3 Å². The quantitative estimate of drug-likeness (QED) is 0.884. The molecule has 0 aliphatic heterocycles. The van der Waals surface area contributed by atoms with E-state index >= 15 is 0 Å².